The van der Waals surface area contributed by atoms with Crippen molar-refractivity contribution in [2.75, 3.05) is 11.1 Å². The summed E-state index contributed by atoms with van der Waals surface area (Å²) in [4.78, 5) is 12.1. The second kappa shape index (κ2) is 4.89. The van der Waals surface area contributed by atoms with Crippen LogP contribution in [0.4, 0.5) is 15.8 Å². The Morgan fingerprint density at radius 2 is 2.21 bits per heavy atom. The van der Waals surface area contributed by atoms with E-state index in [-0.39, 0.29) is 10.7 Å². The zero-order chi connectivity index (χ0) is 14.2. The second-order valence-corrected chi connectivity index (χ2v) is 4.46. The normalized spacial score (nSPS) is 10.5. The average molecular weight is 283 g/mol. The highest BCUT2D eigenvalue weighted by Gasteiger charge is 2.18. The maximum absolute atomic E-state index is 12.9. The van der Waals surface area contributed by atoms with Crippen molar-refractivity contribution in [3.05, 3.63) is 40.4 Å². The first-order chi connectivity index (χ1) is 8.90. The summed E-state index contributed by atoms with van der Waals surface area (Å²) in [6.45, 7) is 1.71. The molecule has 3 N–H and O–H groups in total. The van der Waals surface area contributed by atoms with Gasteiger partial charge in [0.2, 0.25) is 0 Å². The molecule has 1 aromatic carbocycles. The van der Waals surface area contributed by atoms with Crippen LogP contribution < -0.4 is 11.1 Å². The Morgan fingerprint density at radius 1 is 1.53 bits per heavy atom. The first-order valence-electron chi connectivity index (χ1n) is 5.45. The Bertz CT molecular complexity index is 653. The summed E-state index contributed by atoms with van der Waals surface area (Å²) in [5.41, 5.74) is 7.20. The number of halogens is 2. The van der Waals surface area contributed by atoms with Gasteiger partial charge in [-0.2, -0.15) is 5.10 Å². The molecule has 1 amide bonds. The van der Waals surface area contributed by atoms with E-state index in [0.717, 1.165) is 6.07 Å². The standard InChI is InChI=1S/C12H12ClFN4O/c1-6-10(15)11(18(2)17-6)12(19)16-9-4-3-7(14)5-8(9)13/h3-5H,15H2,1-2H3,(H,16,19). The van der Waals surface area contributed by atoms with Crippen LogP contribution in [0, 0.1) is 12.7 Å². The molecule has 0 spiro atoms. The quantitative estimate of drug-likeness (QED) is 0.888. The molecule has 1 heterocycles. The van der Waals surface area contributed by atoms with Crippen molar-refractivity contribution in [2.45, 2.75) is 6.92 Å². The van der Waals surface area contributed by atoms with Crippen molar-refractivity contribution in [3.8, 4) is 0 Å². The highest BCUT2D eigenvalue weighted by atomic mass is 35.5. The number of nitrogen functional groups attached to an aromatic ring is 1. The average Bonchev–Trinajstić information content (AvgIpc) is 2.57. The predicted molar refractivity (Wildman–Crippen MR) is 71.7 cm³/mol. The summed E-state index contributed by atoms with van der Waals surface area (Å²) in [6, 6.07) is 3.71. The monoisotopic (exact) mass is 282 g/mol. The number of aryl methyl sites for hydroxylation is 2. The van der Waals surface area contributed by atoms with Crippen LogP contribution >= 0.6 is 11.6 Å². The minimum Gasteiger partial charge on any atom is -0.395 e. The van der Waals surface area contributed by atoms with E-state index in [1.807, 2.05) is 0 Å². The van der Waals surface area contributed by atoms with E-state index in [4.69, 9.17) is 17.3 Å². The van der Waals surface area contributed by atoms with Crippen LogP contribution in [0.1, 0.15) is 16.2 Å². The van der Waals surface area contributed by atoms with Crippen LogP contribution in [-0.4, -0.2) is 15.7 Å². The number of aromatic nitrogens is 2. The van der Waals surface area contributed by atoms with Gasteiger partial charge >= 0.3 is 0 Å². The number of rotatable bonds is 2. The molecule has 0 fully saturated rings. The van der Waals surface area contributed by atoms with E-state index in [1.165, 1.54) is 16.8 Å². The topological polar surface area (TPSA) is 72.9 Å². The molecule has 0 aliphatic rings. The molecule has 7 heteroatoms. The number of benzene rings is 1. The summed E-state index contributed by atoms with van der Waals surface area (Å²) in [5, 5.41) is 6.73. The Hall–Kier alpha value is -2.08. The van der Waals surface area contributed by atoms with Crippen LogP contribution in [0.2, 0.25) is 5.02 Å². The van der Waals surface area contributed by atoms with E-state index in [1.54, 1.807) is 14.0 Å². The molecule has 1 aromatic heterocycles. The van der Waals surface area contributed by atoms with E-state index < -0.39 is 11.7 Å². The van der Waals surface area contributed by atoms with E-state index >= 15 is 0 Å². The molecule has 2 aromatic rings. The van der Waals surface area contributed by atoms with Gasteiger partial charge in [-0.15, -0.1) is 0 Å². The minimum atomic E-state index is -0.473. The number of nitrogens with one attached hydrogen (secondary N) is 1. The van der Waals surface area contributed by atoms with Gasteiger partial charge in [-0.1, -0.05) is 11.6 Å². The fourth-order valence-corrected chi connectivity index (χ4v) is 1.93. The summed E-state index contributed by atoms with van der Waals surface area (Å²) < 4.78 is 14.3. The van der Waals surface area contributed by atoms with Crippen LogP contribution in [0.5, 0.6) is 0 Å². The number of nitrogens with zero attached hydrogens (tertiary/aromatic N) is 2. The first kappa shape index (κ1) is 13.4. The van der Waals surface area contributed by atoms with E-state index in [9.17, 15) is 9.18 Å². The maximum atomic E-state index is 12.9. The van der Waals surface area contributed by atoms with Crippen molar-refractivity contribution >= 4 is 28.9 Å². The van der Waals surface area contributed by atoms with Gasteiger partial charge in [-0.3, -0.25) is 9.48 Å². The van der Waals surface area contributed by atoms with Gasteiger partial charge in [-0.25, -0.2) is 4.39 Å². The molecule has 0 atom stereocenters. The van der Waals surface area contributed by atoms with Crippen molar-refractivity contribution < 1.29 is 9.18 Å². The molecule has 0 bridgehead atoms. The Labute approximate surface area is 114 Å². The fraction of sp³-hybridized carbons (Fsp3) is 0.167. The Balaban J connectivity index is 2.31. The molecule has 100 valence electrons. The molecule has 2 rings (SSSR count). The third-order valence-corrected chi connectivity index (χ3v) is 2.98. The van der Waals surface area contributed by atoms with Gasteiger partial charge in [0.15, 0.2) is 0 Å². The van der Waals surface area contributed by atoms with Crippen molar-refractivity contribution in [2.24, 2.45) is 7.05 Å². The summed E-state index contributed by atoms with van der Waals surface area (Å²) in [7, 11) is 1.62. The number of hydrogen-bond acceptors (Lipinski definition) is 3. The van der Waals surface area contributed by atoms with Gasteiger partial charge in [-0.05, 0) is 25.1 Å². The third kappa shape index (κ3) is 2.53. The number of hydrogen-bond donors (Lipinski definition) is 2. The molecular weight excluding hydrogens is 271 g/mol. The number of anilines is 2. The molecule has 0 radical (unpaired) electrons. The van der Waals surface area contributed by atoms with E-state index in [2.05, 4.69) is 10.4 Å². The van der Waals surface area contributed by atoms with Gasteiger partial charge in [0.1, 0.15) is 11.5 Å². The third-order valence-electron chi connectivity index (χ3n) is 2.66. The van der Waals surface area contributed by atoms with Gasteiger partial charge in [0.05, 0.1) is 22.1 Å². The molecule has 0 unspecified atom stereocenters. The predicted octanol–water partition coefficient (Wildman–Crippen LogP) is 2.36. The van der Waals surface area contributed by atoms with Crippen molar-refractivity contribution in [1.82, 2.24) is 9.78 Å². The summed E-state index contributed by atoms with van der Waals surface area (Å²) in [5.74, 6) is -0.923. The second-order valence-electron chi connectivity index (χ2n) is 4.05. The Morgan fingerprint density at radius 3 is 2.74 bits per heavy atom. The van der Waals surface area contributed by atoms with Gasteiger partial charge in [0, 0.05) is 7.05 Å². The molecule has 19 heavy (non-hydrogen) atoms. The van der Waals surface area contributed by atoms with Crippen molar-refractivity contribution in [1.29, 1.82) is 0 Å². The zero-order valence-electron chi connectivity index (χ0n) is 10.4. The summed E-state index contributed by atoms with van der Waals surface area (Å²) in [6.07, 6.45) is 0. The smallest absolute Gasteiger partial charge is 0.276 e. The molecule has 0 aliphatic carbocycles. The molecule has 0 aliphatic heterocycles. The highest BCUT2D eigenvalue weighted by molar-refractivity contribution is 6.34. The van der Waals surface area contributed by atoms with Gasteiger partial charge in [0.25, 0.3) is 5.91 Å². The zero-order valence-corrected chi connectivity index (χ0v) is 11.1. The molecule has 0 saturated carbocycles. The van der Waals surface area contributed by atoms with Crippen LogP contribution in [0.15, 0.2) is 18.2 Å². The fourth-order valence-electron chi connectivity index (χ4n) is 1.72. The number of carbonyl (C=O) groups is 1. The van der Waals surface area contributed by atoms with Crippen LogP contribution in [0.25, 0.3) is 0 Å². The Kier molecular flexibility index (Phi) is 3.44. The minimum absolute atomic E-state index is 0.116. The van der Waals surface area contributed by atoms with Crippen LogP contribution in [0.3, 0.4) is 0 Å². The van der Waals surface area contributed by atoms with E-state index in [0.29, 0.717) is 17.1 Å². The van der Waals surface area contributed by atoms with Gasteiger partial charge < -0.3 is 11.1 Å². The molecule has 0 saturated heterocycles. The lowest BCUT2D eigenvalue weighted by Crippen LogP contribution is -2.17. The highest BCUT2D eigenvalue weighted by Crippen LogP contribution is 2.24. The SMILES string of the molecule is Cc1nn(C)c(C(=O)Nc2ccc(F)cc2Cl)c1N. The van der Waals surface area contributed by atoms with Crippen LogP contribution in [-0.2, 0) is 7.05 Å². The lowest BCUT2D eigenvalue weighted by atomic mass is 10.2. The van der Waals surface area contributed by atoms with Crippen molar-refractivity contribution in [3.63, 3.8) is 0 Å². The number of nitrogens with two attached hydrogens (primary N) is 1. The lowest BCUT2D eigenvalue weighted by molar-refractivity contribution is 0.101. The molecule has 5 nitrogen and oxygen atoms in total. The maximum Gasteiger partial charge on any atom is 0.276 e. The number of amides is 1. The largest absolute Gasteiger partial charge is 0.395 e. The first-order valence-corrected chi connectivity index (χ1v) is 5.83. The molecular formula is C12H12ClFN4O. The lowest BCUT2D eigenvalue weighted by Gasteiger charge is -2.08. The summed E-state index contributed by atoms with van der Waals surface area (Å²) >= 11 is 5.84. The number of carbonyl (C=O) groups excluding carboxylic acids is 1.